The zero-order valence-corrected chi connectivity index (χ0v) is 12.5. The van der Waals surface area contributed by atoms with Crippen molar-refractivity contribution in [3.05, 3.63) is 35.7 Å². The van der Waals surface area contributed by atoms with Crippen molar-refractivity contribution in [2.45, 2.75) is 32.9 Å². The van der Waals surface area contributed by atoms with E-state index in [0.717, 1.165) is 25.1 Å². The average molecular weight is 287 g/mol. The Morgan fingerprint density at radius 2 is 2.14 bits per heavy atom. The van der Waals surface area contributed by atoms with E-state index in [2.05, 4.69) is 22.0 Å². The Bertz CT molecular complexity index is 592. The van der Waals surface area contributed by atoms with Crippen LogP contribution in [0, 0.1) is 12.8 Å². The maximum Gasteiger partial charge on any atom is 0.241 e. The topological polar surface area (TPSA) is 62.4 Å². The van der Waals surface area contributed by atoms with Crippen molar-refractivity contribution in [3.63, 3.8) is 0 Å². The molecule has 1 aliphatic rings. The van der Waals surface area contributed by atoms with Gasteiger partial charge < -0.3 is 9.63 Å². The molecule has 5 heteroatoms. The smallest absolute Gasteiger partial charge is 0.241 e. The number of nitrogens with zero attached hydrogens (tertiary/aromatic N) is 3. The number of aryl methyl sites for hydroxylation is 1. The van der Waals surface area contributed by atoms with Gasteiger partial charge in [0.1, 0.15) is 0 Å². The number of aliphatic hydroxyl groups excluding tert-OH is 1. The lowest BCUT2D eigenvalue weighted by atomic mass is 10.0. The van der Waals surface area contributed by atoms with Crippen LogP contribution in [0.1, 0.15) is 24.8 Å². The molecular formula is C16H21N3O2. The Kier molecular flexibility index (Phi) is 4.03. The maximum absolute atomic E-state index is 9.63. The summed E-state index contributed by atoms with van der Waals surface area (Å²) >= 11 is 0. The van der Waals surface area contributed by atoms with Crippen LogP contribution in [0.5, 0.6) is 0 Å². The van der Waals surface area contributed by atoms with Gasteiger partial charge >= 0.3 is 0 Å². The summed E-state index contributed by atoms with van der Waals surface area (Å²) in [5.74, 6) is 1.62. The lowest BCUT2D eigenvalue weighted by molar-refractivity contribution is 0.125. The van der Waals surface area contributed by atoms with Gasteiger partial charge in [0, 0.05) is 12.1 Å². The molecule has 1 aromatic carbocycles. The molecule has 0 bridgehead atoms. The second kappa shape index (κ2) is 5.95. The molecule has 5 nitrogen and oxygen atoms in total. The Balaban J connectivity index is 1.64. The van der Waals surface area contributed by atoms with Crippen molar-refractivity contribution in [2.75, 3.05) is 13.1 Å². The fourth-order valence-electron chi connectivity index (χ4n) is 2.73. The lowest BCUT2D eigenvalue weighted by Crippen LogP contribution is -2.24. The van der Waals surface area contributed by atoms with Crippen LogP contribution >= 0.6 is 0 Å². The normalized spacial score (nSPS) is 20.8. The van der Waals surface area contributed by atoms with E-state index in [1.165, 1.54) is 5.56 Å². The van der Waals surface area contributed by atoms with E-state index in [-0.39, 0.29) is 6.10 Å². The van der Waals surface area contributed by atoms with Gasteiger partial charge in [-0.3, -0.25) is 4.90 Å². The second-order valence-electron chi connectivity index (χ2n) is 5.90. The zero-order valence-electron chi connectivity index (χ0n) is 12.5. The molecule has 0 aliphatic carbocycles. The minimum absolute atomic E-state index is 0.249. The molecule has 0 radical (unpaired) electrons. The Labute approximate surface area is 124 Å². The number of hydrogen-bond donors (Lipinski definition) is 1. The van der Waals surface area contributed by atoms with E-state index in [4.69, 9.17) is 4.52 Å². The minimum Gasteiger partial charge on any atom is -0.393 e. The number of aromatic nitrogens is 2. The summed E-state index contributed by atoms with van der Waals surface area (Å²) in [5.41, 5.74) is 2.18. The molecule has 1 N–H and O–H groups in total. The summed E-state index contributed by atoms with van der Waals surface area (Å²) in [5, 5.41) is 13.7. The van der Waals surface area contributed by atoms with Crippen molar-refractivity contribution >= 4 is 0 Å². The van der Waals surface area contributed by atoms with E-state index < -0.39 is 0 Å². The van der Waals surface area contributed by atoms with Crippen molar-refractivity contribution in [3.8, 4) is 11.4 Å². The van der Waals surface area contributed by atoms with Gasteiger partial charge in [-0.25, -0.2) is 0 Å². The van der Waals surface area contributed by atoms with Crippen molar-refractivity contribution in [2.24, 2.45) is 5.92 Å². The number of rotatable bonds is 4. The van der Waals surface area contributed by atoms with E-state index in [0.29, 0.717) is 24.2 Å². The lowest BCUT2D eigenvalue weighted by Gasteiger charge is -2.15. The molecule has 0 saturated carbocycles. The molecule has 1 aliphatic heterocycles. The predicted octanol–water partition coefficient (Wildman–Crippen LogP) is 2.25. The molecule has 0 spiro atoms. The molecule has 0 amide bonds. The van der Waals surface area contributed by atoms with Crippen molar-refractivity contribution in [1.29, 1.82) is 0 Å². The minimum atomic E-state index is -0.249. The summed E-state index contributed by atoms with van der Waals surface area (Å²) in [4.78, 5) is 6.72. The Morgan fingerprint density at radius 1 is 1.38 bits per heavy atom. The highest BCUT2D eigenvalue weighted by Crippen LogP contribution is 2.22. The van der Waals surface area contributed by atoms with Crippen LogP contribution in [-0.4, -0.2) is 39.3 Å². The summed E-state index contributed by atoms with van der Waals surface area (Å²) in [7, 11) is 0. The highest BCUT2D eigenvalue weighted by atomic mass is 16.5. The number of hydrogen-bond acceptors (Lipinski definition) is 5. The first kappa shape index (κ1) is 14.2. The maximum atomic E-state index is 9.63. The molecule has 2 aromatic rings. The van der Waals surface area contributed by atoms with Crippen LogP contribution < -0.4 is 0 Å². The van der Waals surface area contributed by atoms with Crippen LogP contribution in [0.3, 0.4) is 0 Å². The van der Waals surface area contributed by atoms with Gasteiger partial charge in [-0.2, -0.15) is 4.98 Å². The summed E-state index contributed by atoms with van der Waals surface area (Å²) in [6.45, 7) is 6.42. The van der Waals surface area contributed by atoms with E-state index in [9.17, 15) is 5.11 Å². The van der Waals surface area contributed by atoms with Crippen molar-refractivity contribution < 1.29 is 9.63 Å². The standard InChI is InChI=1S/C16H21N3O2/c1-11-3-5-13(6-4-11)16-17-15(21-18-16)10-19-8-7-14(9-19)12(2)20/h3-6,12,14,20H,7-10H2,1-2H3. The first-order valence-electron chi connectivity index (χ1n) is 7.42. The first-order chi connectivity index (χ1) is 10.1. The molecule has 1 fully saturated rings. The molecule has 1 saturated heterocycles. The fraction of sp³-hybridized carbons (Fsp3) is 0.500. The predicted molar refractivity (Wildman–Crippen MR) is 79.5 cm³/mol. The zero-order chi connectivity index (χ0) is 14.8. The largest absolute Gasteiger partial charge is 0.393 e. The van der Waals surface area contributed by atoms with Crippen LogP contribution in [0.25, 0.3) is 11.4 Å². The Hall–Kier alpha value is -1.72. The number of likely N-dealkylation sites (tertiary alicyclic amines) is 1. The highest BCUT2D eigenvalue weighted by molar-refractivity contribution is 5.54. The monoisotopic (exact) mass is 287 g/mol. The molecule has 2 atom stereocenters. The third kappa shape index (κ3) is 3.31. The molecule has 2 heterocycles. The molecule has 1 aromatic heterocycles. The van der Waals surface area contributed by atoms with Gasteiger partial charge in [-0.05, 0) is 32.7 Å². The molecule has 3 rings (SSSR count). The van der Waals surface area contributed by atoms with Gasteiger partial charge in [-0.15, -0.1) is 0 Å². The van der Waals surface area contributed by atoms with Gasteiger partial charge in [-0.1, -0.05) is 35.0 Å². The molecule has 2 unspecified atom stereocenters. The highest BCUT2D eigenvalue weighted by Gasteiger charge is 2.27. The average Bonchev–Trinajstić information content (AvgIpc) is 3.10. The first-order valence-corrected chi connectivity index (χ1v) is 7.42. The van der Waals surface area contributed by atoms with Crippen LogP contribution in [0.4, 0.5) is 0 Å². The fourth-order valence-corrected chi connectivity index (χ4v) is 2.73. The SMILES string of the molecule is Cc1ccc(-c2noc(CN3CCC(C(C)O)C3)n2)cc1. The molecule has 21 heavy (non-hydrogen) atoms. The van der Waals surface area contributed by atoms with Crippen molar-refractivity contribution in [1.82, 2.24) is 15.0 Å². The second-order valence-corrected chi connectivity index (χ2v) is 5.90. The molecule has 112 valence electrons. The molecular weight excluding hydrogens is 266 g/mol. The van der Waals surface area contributed by atoms with E-state index in [1.807, 2.05) is 31.2 Å². The number of aliphatic hydroxyl groups is 1. The van der Waals surface area contributed by atoms with Gasteiger partial charge in [0.2, 0.25) is 11.7 Å². The van der Waals surface area contributed by atoms with Gasteiger partial charge in [0.05, 0.1) is 12.6 Å². The summed E-state index contributed by atoms with van der Waals surface area (Å²) in [6.07, 6.45) is 0.775. The van der Waals surface area contributed by atoms with Crippen LogP contribution in [0.2, 0.25) is 0 Å². The van der Waals surface area contributed by atoms with Gasteiger partial charge in [0.25, 0.3) is 0 Å². The van der Waals surface area contributed by atoms with Gasteiger partial charge in [0.15, 0.2) is 0 Å². The Morgan fingerprint density at radius 3 is 2.81 bits per heavy atom. The van der Waals surface area contributed by atoms with E-state index in [1.54, 1.807) is 0 Å². The summed E-state index contributed by atoms with van der Waals surface area (Å²) in [6, 6.07) is 8.09. The third-order valence-corrected chi connectivity index (χ3v) is 4.13. The summed E-state index contributed by atoms with van der Waals surface area (Å²) < 4.78 is 5.34. The quantitative estimate of drug-likeness (QED) is 0.934. The van der Waals surface area contributed by atoms with E-state index >= 15 is 0 Å². The van der Waals surface area contributed by atoms with Crippen LogP contribution in [-0.2, 0) is 6.54 Å². The third-order valence-electron chi connectivity index (χ3n) is 4.13. The number of benzene rings is 1. The van der Waals surface area contributed by atoms with Crippen LogP contribution in [0.15, 0.2) is 28.8 Å².